The summed E-state index contributed by atoms with van der Waals surface area (Å²) in [4.78, 5) is 0. The molecule has 2 heteroatoms. The first kappa shape index (κ1) is 17.3. The van der Waals surface area contributed by atoms with Crippen LogP contribution in [0.25, 0.3) is 0 Å². The fourth-order valence-corrected chi connectivity index (χ4v) is 4.77. The van der Waals surface area contributed by atoms with E-state index < -0.39 is 0 Å². The number of hydrogen-bond donors (Lipinski definition) is 0. The second-order valence-electron chi connectivity index (χ2n) is 7.55. The molecule has 21 heavy (non-hydrogen) atoms. The minimum atomic E-state index is -0.0213. The van der Waals surface area contributed by atoms with Gasteiger partial charge in [-0.3, -0.25) is 0 Å². The van der Waals surface area contributed by atoms with Crippen LogP contribution in [-0.4, -0.2) is 20.0 Å². The van der Waals surface area contributed by atoms with Crippen molar-refractivity contribution in [1.82, 2.24) is 0 Å². The summed E-state index contributed by atoms with van der Waals surface area (Å²) in [5, 5.41) is 0. The lowest BCUT2D eigenvalue weighted by Crippen LogP contribution is -2.43. The van der Waals surface area contributed by atoms with E-state index in [0.717, 1.165) is 18.4 Å². The molecule has 2 unspecified atom stereocenters. The van der Waals surface area contributed by atoms with E-state index in [1.807, 2.05) is 7.11 Å². The summed E-state index contributed by atoms with van der Waals surface area (Å²) < 4.78 is 11.8. The maximum absolute atomic E-state index is 6.00. The van der Waals surface area contributed by atoms with Gasteiger partial charge in [0.1, 0.15) is 0 Å². The van der Waals surface area contributed by atoms with Gasteiger partial charge in [0.25, 0.3) is 0 Å². The summed E-state index contributed by atoms with van der Waals surface area (Å²) in [5.41, 5.74) is 0.202. The van der Waals surface area contributed by atoms with Crippen LogP contribution in [0, 0.1) is 17.3 Å². The number of ether oxygens (including phenoxy) is 2. The Labute approximate surface area is 132 Å². The summed E-state index contributed by atoms with van der Waals surface area (Å²) in [6, 6.07) is 0. The molecule has 0 aromatic heterocycles. The zero-order valence-electron chi connectivity index (χ0n) is 14.5. The van der Waals surface area contributed by atoms with Crippen LogP contribution in [-0.2, 0) is 9.47 Å². The van der Waals surface area contributed by atoms with Gasteiger partial charge in [0.15, 0.2) is 6.29 Å². The average molecular weight is 296 g/mol. The molecule has 0 saturated heterocycles. The lowest BCUT2D eigenvalue weighted by atomic mass is 9.66. The third-order valence-corrected chi connectivity index (χ3v) is 6.17. The van der Waals surface area contributed by atoms with E-state index in [-0.39, 0.29) is 11.7 Å². The van der Waals surface area contributed by atoms with Crippen molar-refractivity contribution in [2.45, 2.75) is 90.8 Å². The van der Waals surface area contributed by atoms with E-state index in [2.05, 4.69) is 13.8 Å². The molecule has 2 saturated carbocycles. The van der Waals surface area contributed by atoms with E-state index in [4.69, 9.17) is 9.47 Å². The zero-order chi connectivity index (χ0) is 15.1. The Hall–Kier alpha value is -0.0800. The van der Waals surface area contributed by atoms with Gasteiger partial charge < -0.3 is 9.47 Å². The minimum Gasteiger partial charge on any atom is -0.355 e. The molecule has 0 amide bonds. The molecule has 2 atom stereocenters. The molecule has 2 rings (SSSR count). The van der Waals surface area contributed by atoms with Crippen LogP contribution in [0.2, 0.25) is 0 Å². The van der Waals surface area contributed by atoms with Gasteiger partial charge in [-0.2, -0.15) is 0 Å². The molecule has 2 aliphatic carbocycles. The first-order valence-corrected chi connectivity index (χ1v) is 9.35. The molecule has 2 fully saturated rings. The van der Waals surface area contributed by atoms with Crippen molar-refractivity contribution in [1.29, 1.82) is 0 Å². The minimum absolute atomic E-state index is 0.0213. The standard InChI is InChI=1S/C19H36O2/c1-4-21-18(20-3)19(2,17-12-6-5-7-13-17)15-14-16-10-8-9-11-16/h16-18H,4-15H2,1-3H3. The number of hydrogen-bond acceptors (Lipinski definition) is 2. The molecule has 0 aromatic rings. The van der Waals surface area contributed by atoms with Gasteiger partial charge in [-0.15, -0.1) is 0 Å². The smallest absolute Gasteiger partial charge is 0.162 e. The van der Waals surface area contributed by atoms with E-state index in [1.54, 1.807) is 0 Å². The second-order valence-corrected chi connectivity index (χ2v) is 7.55. The SMILES string of the molecule is CCOC(OC)C(C)(CCC1CCCC1)C1CCCCC1. The normalized spacial score (nSPS) is 25.9. The maximum Gasteiger partial charge on any atom is 0.162 e. The van der Waals surface area contributed by atoms with Gasteiger partial charge in [-0.1, -0.05) is 51.9 Å². The Kier molecular flexibility index (Phi) is 7.01. The van der Waals surface area contributed by atoms with Crippen LogP contribution in [0.5, 0.6) is 0 Å². The summed E-state index contributed by atoms with van der Waals surface area (Å²) >= 11 is 0. The highest BCUT2D eigenvalue weighted by molar-refractivity contribution is 4.88. The number of rotatable bonds is 8. The second kappa shape index (κ2) is 8.53. The predicted molar refractivity (Wildman–Crippen MR) is 88.3 cm³/mol. The molecular formula is C19H36O2. The average Bonchev–Trinajstić information content (AvgIpc) is 3.04. The van der Waals surface area contributed by atoms with Gasteiger partial charge in [0.05, 0.1) is 0 Å². The molecule has 0 radical (unpaired) electrons. The molecule has 0 heterocycles. The molecule has 2 nitrogen and oxygen atoms in total. The zero-order valence-corrected chi connectivity index (χ0v) is 14.5. The van der Waals surface area contributed by atoms with Gasteiger partial charge in [-0.05, 0) is 44.4 Å². The summed E-state index contributed by atoms with van der Waals surface area (Å²) in [6.45, 7) is 5.29. The van der Waals surface area contributed by atoms with Crippen LogP contribution in [0.15, 0.2) is 0 Å². The third-order valence-electron chi connectivity index (χ3n) is 6.17. The summed E-state index contributed by atoms with van der Waals surface area (Å²) in [7, 11) is 1.83. The fraction of sp³-hybridized carbons (Fsp3) is 1.00. The monoisotopic (exact) mass is 296 g/mol. The van der Waals surface area contributed by atoms with Crippen LogP contribution in [0.4, 0.5) is 0 Å². The van der Waals surface area contributed by atoms with Crippen molar-refractivity contribution in [3.8, 4) is 0 Å². The quantitative estimate of drug-likeness (QED) is 0.546. The highest BCUT2D eigenvalue weighted by atomic mass is 16.7. The van der Waals surface area contributed by atoms with E-state index in [0.29, 0.717) is 0 Å². The fourth-order valence-electron chi connectivity index (χ4n) is 4.77. The lowest BCUT2D eigenvalue weighted by Gasteiger charge is -2.45. The van der Waals surface area contributed by atoms with Crippen molar-refractivity contribution in [3.63, 3.8) is 0 Å². The molecule has 0 bridgehead atoms. The third kappa shape index (κ3) is 4.45. The van der Waals surface area contributed by atoms with E-state index in [1.165, 1.54) is 70.6 Å². The molecular weight excluding hydrogens is 260 g/mol. The Balaban J connectivity index is 2.02. The van der Waals surface area contributed by atoms with Gasteiger partial charge in [0.2, 0.25) is 0 Å². The molecule has 2 aliphatic rings. The van der Waals surface area contributed by atoms with Crippen LogP contribution in [0.1, 0.15) is 84.5 Å². The topological polar surface area (TPSA) is 18.5 Å². The first-order valence-electron chi connectivity index (χ1n) is 9.35. The van der Waals surface area contributed by atoms with Crippen molar-refractivity contribution in [3.05, 3.63) is 0 Å². The first-order chi connectivity index (χ1) is 10.2. The Morgan fingerprint density at radius 3 is 2.19 bits per heavy atom. The van der Waals surface area contributed by atoms with Crippen LogP contribution >= 0.6 is 0 Å². The van der Waals surface area contributed by atoms with Gasteiger partial charge in [0, 0.05) is 19.1 Å². The van der Waals surface area contributed by atoms with Crippen molar-refractivity contribution in [2.24, 2.45) is 17.3 Å². The molecule has 0 aliphatic heterocycles. The molecule has 124 valence electrons. The Morgan fingerprint density at radius 1 is 1.00 bits per heavy atom. The van der Waals surface area contributed by atoms with Crippen molar-refractivity contribution in [2.75, 3.05) is 13.7 Å². The van der Waals surface area contributed by atoms with Gasteiger partial charge >= 0.3 is 0 Å². The van der Waals surface area contributed by atoms with Crippen LogP contribution in [0.3, 0.4) is 0 Å². The Bertz CT molecular complexity index is 273. The van der Waals surface area contributed by atoms with Crippen LogP contribution < -0.4 is 0 Å². The summed E-state index contributed by atoms with van der Waals surface area (Å²) in [5.74, 6) is 1.75. The highest BCUT2D eigenvalue weighted by Crippen LogP contribution is 2.47. The number of methoxy groups -OCH3 is 1. The largest absolute Gasteiger partial charge is 0.355 e. The molecule has 0 N–H and O–H groups in total. The summed E-state index contributed by atoms with van der Waals surface area (Å²) in [6.07, 6.45) is 15.4. The van der Waals surface area contributed by atoms with Crippen molar-refractivity contribution < 1.29 is 9.47 Å². The predicted octanol–water partition coefficient (Wildman–Crippen LogP) is 5.55. The van der Waals surface area contributed by atoms with E-state index >= 15 is 0 Å². The highest BCUT2D eigenvalue weighted by Gasteiger charge is 2.42. The van der Waals surface area contributed by atoms with Gasteiger partial charge in [-0.25, -0.2) is 0 Å². The molecule has 0 aromatic carbocycles. The Morgan fingerprint density at radius 2 is 1.62 bits per heavy atom. The van der Waals surface area contributed by atoms with Crippen molar-refractivity contribution >= 4 is 0 Å². The van der Waals surface area contributed by atoms with E-state index in [9.17, 15) is 0 Å². The maximum atomic E-state index is 6.00. The lowest BCUT2D eigenvalue weighted by molar-refractivity contribution is -0.209. The molecule has 0 spiro atoms.